The van der Waals surface area contributed by atoms with Crippen molar-refractivity contribution in [1.82, 2.24) is 14.5 Å². The van der Waals surface area contributed by atoms with E-state index < -0.39 is 17.0 Å². The topological polar surface area (TPSA) is 75.4 Å². The van der Waals surface area contributed by atoms with Gasteiger partial charge < -0.3 is 14.6 Å². The summed E-state index contributed by atoms with van der Waals surface area (Å²) in [5, 5.41) is 9.36. The van der Waals surface area contributed by atoms with E-state index in [2.05, 4.69) is 17.6 Å². The number of aromatic nitrogens is 2. The van der Waals surface area contributed by atoms with Gasteiger partial charge in [0.1, 0.15) is 11.6 Å². The van der Waals surface area contributed by atoms with Gasteiger partial charge >= 0.3 is 5.97 Å². The molecular formula is C28H33ClFN3O3S. The molecule has 0 radical (unpaired) electrons. The van der Waals surface area contributed by atoms with Gasteiger partial charge in [0.05, 0.1) is 29.6 Å². The lowest BCUT2D eigenvalue weighted by Gasteiger charge is -2.23. The summed E-state index contributed by atoms with van der Waals surface area (Å²) in [7, 11) is 1.70. The Balaban J connectivity index is 1.93. The molecule has 1 N–H and O–H groups in total. The Morgan fingerprint density at radius 1 is 1.22 bits per heavy atom. The zero-order chi connectivity index (χ0) is 27.3. The minimum atomic E-state index is -1.07. The molecule has 0 aliphatic heterocycles. The average Bonchev–Trinajstić information content (AvgIpc) is 3.13. The van der Waals surface area contributed by atoms with E-state index in [1.54, 1.807) is 42.3 Å². The summed E-state index contributed by atoms with van der Waals surface area (Å²) >= 11 is 11.0. The van der Waals surface area contributed by atoms with Crippen LogP contribution in [0.3, 0.4) is 0 Å². The van der Waals surface area contributed by atoms with Crippen molar-refractivity contribution in [3.8, 4) is 11.1 Å². The standard InChI is InChI=1S/C28H33ClFN3O3S/c1-5-8-25-31-26(29)23(16-32(4)27(34)24(37)13-17(2)3)33(25)15-19-12-11-18(14-22(19)30)20-9-6-7-10-21(20)28(35)36/h6-7,9-12,14,17,24,37H,5,8,13,15-16H2,1-4H3,(H,35,36)/t24-/m0/s1. The first-order chi connectivity index (χ1) is 17.5. The Morgan fingerprint density at radius 3 is 2.54 bits per heavy atom. The molecule has 0 saturated carbocycles. The highest BCUT2D eigenvalue weighted by Crippen LogP contribution is 2.28. The maximum Gasteiger partial charge on any atom is 0.336 e. The molecule has 0 bridgehead atoms. The Bertz CT molecular complexity index is 1280. The average molecular weight is 546 g/mol. The summed E-state index contributed by atoms with van der Waals surface area (Å²) in [5.41, 5.74) is 2.07. The molecule has 0 aliphatic rings. The fraction of sp³-hybridized carbons (Fsp3) is 0.393. The zero-order valence-corrected chi connectivity index (χ0v) is 23.2. The monoisotopic (exact) mass is 545 g/mol. The number of halogens is 2. The predicted molar refractivity (Wildman–Crippen MR) is 148 cm³/mol. The van der Waals surface area contributed by atoms with Crippen LogP contribution in [-0.4, -0.2) is 43.7 Å². The predicted octanol–water partition coefficient (Wildman–Crippen LogP) is 6.34. The van der Waals surface area contributed by atoms with Crippen LogP contribution >= 0.6 is 24.2 Å². The van der Waals surface area contributed by atoms with Crippen LogP contribution in [0.2, 0.25) is 5.15 Å². The fourth-order valence-electron chi connectivity index (χ4n) is 4.30. The highest BCUT2D eigenvalue weighted by atomic mass is 35.5. The van der Waals surface area contributed by atoms with E-state index in [0.29, 0.717) is 47.0 Å². The zero-order valence-electron chi connectivity index (χ0n) is 21.5. The summed E-state index contributed by atoms with van der Waals surface area (Å²) in [6, 6.07) is 11.2. The summed E-state index contributed by atoms with van der Waals surface area (Å²) in [4.78, 5) is 30.6. The molecule has 1 heterocycles. The largest absolute Gasteiger partial charge is 0.478 e. The first kappa shape index (κ1) is 28.7. The lowest BCUT2D eigenvalue weighted by Crippen LogP contribution is -2.34. The molecule has 3 aromatic rings. The molecule has 0 aliphatic carbocycles. The van der Waals surface area contributed by atoms with Gasteiger partial charge in [0.2, 0.25) is 5.91 Å². The molecule has 37 heavy (non-hydrogen) atoms. The molecule has 1 atom stereocenters. The van der Waals surface area contributed by atoms with Gasteiger partial charge in [0.15, 0.2) is 5.15 Å². The van der Waals surface area contributed by atoms with Gasteiger partial charge in [-0.2, -0.15) is 12.6 Å². The van der Waals surface area contributed by atoms with E-state index in [9.17, 15) is 14.7 Å². The van der Waals surface area contributed by atoms with E-state index in [-0.39, 0.29) is 29.7 Å². The Hall–Kier alpha value is -2.84. The van der Waals surface area contributed by atoms with Gasteiger partial charge in [0.25, 0.3) is 0 Å². The van der Waals surface area contributed by atoms with E-state index in [0.717, 1.165) is 6.42 Å². The molecule has 1 aromatic heterocycles. The third-order valence-corrected chi connectivity index (χ3v) is 6.90. The smallest absolute Gasteiger partial charge is 0.336 e. The quantitative estimate of drug-likeness (QED) is 0.275. The summed E-state index contributed by atoms with van der Waals surface area (Å²) in [5.74, 6) is -0.595. The maximum atomic E-state index is 15.3. The summed E-state index contributed by atoms with van der Waals surface area (Å²) in [6.07, 6.45) is 2.12. The van der Waals surface area contributed by atoms with Crippen molar-refractivity contribution >= 4 is 36.1 Å². The Labute approximate surface area is 227 Å². The third kappa shape index (κ3) is 6.93. The van der Waals surface area contributed by atoms with Crippen LogP contribution in [-0.2, 0) is 24.3 Å². The number of nitrogens with zero attached hydrogens (tertiary/aromatic N) is 3. The van der Waals surface area contributed by atoms with Gasteiger partial charge in [-0.15, -0.1) is 0 Å². The molecule has 2 aromatic carbocycles. The first-order valence-corrected chi connectivity index (χ1v) is 13.2. The lowest BCUT2D eigenvalue weighted by molar-refractivity contribution is -0.130. The van der Waals surface area contributed by atoms with Crippen molar-refractivity contribution in [3.05, 3.63) is 76.1 Å². The molecule has 0 spiro atoms. The molecule has 3 rings (SSSR count). The fourth-order valence-corrected chi connectivity index (χ4v) is 5.17. The molecule has 0 fully saturated rings. The van der Waals surface area contributed by atoms with Crippen molar-refractivity contribution in [1.29, 1.82) is 0 Å². The third-order valence-electron chi connectivity index (χ3n) is 6.17. The van der Waals surface area contributed by atoms with Crippen molar-refractivity contribution in [3.63, 3.8) is 0 Å². The van der Waals surface area contributed by atoms with Crippen molar-refractivity contribution < 1.29 is 19.1 Å². The SMILES string of the molecule is CCCc1nc(Cl)c(CN(C)C(=O)[C@@H](S)CC(C)C)n1Cc1ccc(-c2ccccc2C(=O)O)cc1F. The second-order valence-electron chi connectivity index (χ2n) is 9.60. The molecular weight excluding hydrogens is 513 g/mol. The van der Waals surface area contributed by atoms with Gasteiger partial charge in [-0.05, 0) is 42.0 Å². The van der Waals surface area contributed by atoms with E-state index in [1.807, 2.05) is 25.3 Å². The molecule has 9 heteroatoms. The van der Waals surface area contributed by atoms with Crippen LogP contribution in [0.1, 0.15) is 61.1 Å². The highest BCUT2D eigenvalue weighted by molar-refractivity contribution is 7.81. The van der Waals surface area contributed by atoms with Gasteiger partial charge in [-0.3, -0.25) is 4.79 Å². The van der Waals surface area contributed by atoms with E-state index in [4.69, 9.17) is 11.6 Å². The number of thiol groups is 1. The summed E-state index contributed by atoms with van der Waals surface area (Å²) in [6.45, 7) is 6.50. The van der Waals surface area contributed by atoms with Gasteiger partial charge in [-0.1, -0.05) is 62.7 Å². The summed E-state index contributed by atoms with van der Waals surface area (Å²) < 4.78 is 17.2. The van der Waals surface area contributed by atoms with Crippen LogP contribution in [0.15, 0.2) is 42.5 Å². The number of benzene rings is 2. The maximum absolute atomic E-state index is 15.3. The van der Waals surface area contributed by atoms with Gasteiger partial charge in [-0.25, -0.2) is 14.2 Å². The second kappa shape index (κ2) is 12.6. The first-order valence-electron chi connectivity index (χ1n) is 12.3. The van der Waals surface area contributed by atoms with E-state index >= 15 is 4.39 Å². The molecule has 6 nitrogen and oxygen atoms in total. The van der Waals surface area contributed by atoms with Crippen molar-refractivity contribution in [2.75, 3.05) is 7.05 Å². The Kier molecular flexibility index (Phi) is 9.79. The van der Waals surface area contributed by atoms with Crippen molar-refractivity contribution in [2.45, 2.75) is 58.4 Å². The number of hydrogen-bond donors (Lipinski definition) is 2. The van der Waals surface area contributed by atoms with E-state index in [1.165, 1.54) is 12.1 Å². The number of hydrogen-bond acceptors (Lipinski definition) is 4. The second-order valence-corrected chi connectivity index (χ2v) is 10.6. The number of aryl methyl sites for hydroxylation is 1. The minimum absolute atomic E-state index is 0.106. The number of carbonyl (C=O) groups excluding carboxylic acids is 1. The Morgan fingerprint density at radius 2 is 1.92 bits per heavy atom. The van der Waals surface area contributed by atoms with Crippen LogP contribution in [0.5, 0.6) is 0 Å². The van der Waals surface area contributed by atoms with Crippen LogP contribution < -0.4 is 0 Å². The number of carboxylic acids is 1. The van der Waals surface area contributed by atoms with Gasteiger partial charge in [0, 0.05) is 19.0 Å². The number of imidazole rings is 1. The molecule has 0 saturated heterocycles. The molecule has 198 valence electrons. The molecule has 0 unspecified atom stereocenters. The highest BCUT2D eigenvalue weighted by Gasteiger charge is 2.24. The van der Waals surface area contributed by atoms with Crippen molar-refractivity contribution in [2.24, 2.45) is 5.92 Å². The lowest BCUT2D eigenvalue weighted by atomic mass is 9.98. The van der Waals surface area contributed by atoms with Crippen LogP contribution in [0, 0.1) is 11.7 Å². The molecule has 1 amide bonds. The number of aromatic carboxylic acids is 1. The number of rotatable bonds is 11. The minimum Gasteiger partial charge on any atom is -0.478 e. The normalized spacial score (nSPS) is 12.1. The number of carboxylic acid groups (broad SMARTS) is 1. The number of amides is 1. The van der Waals surface area contributed by atoms with Crippen LogP contribution in [0.4, 0.5) is 4.39 Å². The number of carbonyl (C=O) groups is 2. The van der Waals surface area contributed by atoms with Crippen LogP contribution in [0.25, 0.3) is 11.1 Å².